The van der Waals surface area contributed by atoms with Crippen LogP contribution >= 0.6 is 0 Å². The van der Waals surface area contributed by atoms with Crippen molar-refractivity contribution in [1.29, 1.82) is 0 Å². The number of hydrogen-bond donors (Lipinski definition) is 0. The first kappa shape index (κ1) is 22.9. The van der Waals surface area contributed by atoms with E-state index in [1.165, 1.54) is 0 Å². The number of carbonyl (C=O) groups excluding carboxylic acids is 1. The molecule has 0 N–H and O–H groups in total. The summed E-state index contributed by atoms with van der Waals surface area (Å²) in [6.07, 6.45) is -2.33. The first-order valence-corrected chi connectivity index (χ1v) is 10.1. The van der Waals surface area contributed by atoms with Crippen molar-refractivity contribution in [2.45, 2.75) is 44.9 Å². The number of rotatable bonds is 5. The van der Waals surface area contributed by atoms with Crippen molar-refractivity contribution in [2.24, 2.45) is 0 Å². The fourth-order valence-electron chi connectivity index (χ4n) is 3.35. The Bertz CT molecular complexity index is 862. The van der Waals surface area contributed by atoms with Gasteiger partial charge in [-0.2, -0.15) is 13.2 Å². The molecule has 1 aromatic carbocycles. The summed E-state index contributed by atoms with van der Waals surface area (Å²) in [5, 5.41) is 0. The third-order valence-electron chi connectivity index (χ3n) is 5.43. The maximum atomic E-state index is 12.6. The number of carbonyl (C=O) groups is 1. The molecule has 3 rings (SSSR count). The average molecular weight is 437 g/mol. The van der Waals surface area contributed by atoms with Gasteiger partial charge in [-0.1, -0.05) is 0 Å². The molecular weight excluding hydrogens is 411 g/mol. The SMILES string of the molecule is CC(C)N(C)C1CCN(C(=O)Oc2ccc(Oc3ccc(C(F)(F)F)cn3)cc2)CC1. The smallest absolute Gasteiger partial charge is 0.417 e. The second kappa shape index (κ2) is 9.55. The number of amides is 1. The van der Waals surface area contributed by atoms with Crippen LogP contribution in [-0.2, 0) is 6.18 Å². The maximum absolute atomic E-state index is 12.6. The summed E-state index contributed by atoms with van der Waals surface area (Å²) in [6.45, 7) is 5.59. The molecule has 1 aliphatic rings. The normalized spacial score (nSPS) is 15.4. The molecule has 1 aromatic heterocycles. The van der Waals surface area contributed by atoms with E-state index < -0.39 is 17.8 Å². The van der Waals surface area contributed by atoms with Gasteiger partial charge in [-0.3, -0.25) is 0 Å². The molecule has 2 heterocycles. The van der Waals surface area contributed by atoms with Crippen LogP contribution in [-0.4, -0.2) is 53.1 Å². The lowest BCUT2D eigenvalue weighted by atomic mass is 10.0. The van der Waals surface area contributed by atoms with Crippen LogP contribution < -0.4 is 9.47 Å². The largest absolute Gasteiger partial charge is 0.439 e. The Morgan fingerprint density at radius 3 is 2.23 bits per heavy atom. The third-order valence-corrected chi connectivity index (χ3v) is 5.43. The quantitative estimate of drug-likeness (QED) is 0.644. The first-order chi connectivity index (χ1) is 14.6. The minimum atomic E-state index is -4.45. The second-order valence-electron chi connectivity index (χ2n) is 7.80. The molecule has 1 aliphatic heterocycles. The number of piperidine rings is 1. The minimum absolute atomic E-state index is 0.0342. The van der Waals surface area contributed by atoms with Gasteiger partial charge in [0.25, 0.3) is 0 Å². The maximum Gasteiger partial charge on any atom is 0.417 e. The lowest BCUT2D eigenvalue weighted by Gasteiger charge is -2.38. The molecule has 0 bridgehead atoms. The molecule has 0 radical (unpaired) electrons. The predicted octanol–water partition coefficient (Wildman–Crippen LogP) is 5.20. The number of benzene rings is 1. The van der Waals surface area contributed by atoms with Crippen molar-refractivity contribution >= 4 is 6.09 Å². The zero-order chi connectivity index (χ0) is 22.6. The summed E-state index contributed by atoms with van der Waals surface area (Å²) in [5.74, 6) is 0.760. The summed E-state index contributed by atoms with van der Waals surface area (Å²) in [4.78, 5) is 20.1. The molecule has 1 saturated heterocycles. The van der Waals surface area contributed by atoms with Gasteiger partial charge in [0, 0.05) is 37.4 Å². The topological polar surface area (TPSA) is 54.9 Å². The van der Waals surface area contributed by atoms with Gasteiger partial charge in [-0.15, -0.1) is 0 Å². The van der Waals surface area contributed by atoms with Crippen LogP contribution in [0.4, 0.5) is 18.0 Å². The summed E-state index contributed by atoms with van der Waals surface area (Å²) in [7, 11) is 2.10. The fourth-order valence-corrected chi connectivity index (χ4v) is 3.35. The third kappa shape index (κ3) is 6.10. The zero-order valence-corrected chi connectivity index (χ0v) is 17.7. The number of aromatic nitrogens is 1. The number of alkyl halides is 3. The molecule has 0 atom stereocenters. The summed E-state index contributed by atoms with van der Waals surface area (Å²) < 4.78 is 48.6. The molecule has 9 heteroatoms. The Morgan fingerprint density at radius 2 is 1.71 bits per heavy atom. The highest BCUT2D eigenvalue weighted by molar-refractivity contribution is 5.70. The van der Waals surface area contributed by atoms with Crippen LogP contribution in [0.3, 0.4) is 0 Å². The van der Waals surface area contributed by atoms with E-state index in [1.54, 1.807) is 29.2 Å². The molecule has 168 valence electrons. The molecule has 6 nitrogen and oxygen atoms in total. The van der Waals surface area contributed by atoms with Gasteiger partial charge in [0.1, 0.15) is 11.5 Å². The van der Waals surface area contributed by atoms with Crippen molar-refractivity contribution < 1.29 is 27.4 Å². The molecule has 1 fully saturated rings. The number of ether oxygens (including phenoxy) is 2. The number of pyridine rings is 1. The van der Waals surface area contributed by atoms with E-state index in [4.69, 9.17) is 9.47 Å². The number of nitrogens with zero attached hydrogens (tertiary/aromatic N) is 3. The molecule has 0 aliphatic carbocycles. The number of likely N-dealkylation sites (tertiary alicyclic amines) is 1. The van der Waals surface area contributed by atoms with E-state index in [-0.39, 0.29) is 5.88 Å². The van der Waals surface area contributed by atoms with Crippen LogP contribution in [0.2, 0.25) is 0 Å². The lowest BCUT2D eigenvalue weighted by molar-refractivity contribution is -0.137. The Kier molecular flexibility index (Phi) is 7.04. The van der Waals surface area contributed by atoms with Crippen molar-refractivity contribution in [3.05, 3.63) is 48.2 Å². The van der Waals surface area contributed by atoms with Crippen LogP contribution in [0.1, 0.15) is 32.3 Å². The van der Waals surface area contributed by atoms with E-state index in [2.05, 4.69) is 30.8 Å². The van der Waals surface area contributed by atoms with E-state index in [0.29, 0.717) is 42.9 Å². The lowest BCUT2D eigenvalue weighted by Crippen LogP contribution is -2.48. The Balaban J connectivity index is 1.51. The second-order valence-corrected chi connectivity index (χ2v) is 7.80. The Labute approximate surface area is 179 Å². The van der Waals surface area contributed by atoms with Gasteiger partial charge in [0.05, 0.1) is 5.56 Å². The first-order valence-electron chi connectivity index (χ1n) is 10.1. The van der Waals surface area contributed by atoms with Crippen LogP contribution in [0.25, 0.3) is 0 Å². The van der Waals surface area contributed by atoms with Gasteiger partial charge >= 0.3 is 12.3 Å². The molecular formula is C22H26F3N3O3. The monoisotopic (exact) mass is 437 g/mol. The highest BCUT2D eigenvalue weighted by atomic mass is 19.4. The van der Waals surface area contributed by atoms with Gasteiger partial charge in [0.15, 0.2) is 0 Å². The highest BCUT2D eigenvalue weighted by Crippen LogP contribution is 2.30. The van der Waals surface area contributed by atoms with Crippen LogP contribution in [0.5, 0.6) is 17.4 Å². The Morgan fingerprint density at radius 1 is 1.10 bits per heavy atom. The molecule has 0 unspecified atom stereocenters. The molecule has 2 aromatic rings. The summed E-state index contributed by atoms with van der Waals surface area (Å²) >= 11 is 0. The van der Waals surface area contributed by atoms with E-state index in [1.807, 2.05) is 0 Å². The molecule has 0 saturated carbocycles. The van der Waals surface area contributed by atoms with Crippen molar-refractivity contribution in [3.8, 4) is 17.4 Å². The van der Waals surface area contributed by atoms with Gasteiger partial charge in [-0.25, -0.2) is 9.78 Å². The van der Waals surface area contributed by atoms with Crippen LogP contribution in [0, 0.1) is 0 Å². The average Bonchev–Trinajstić information content (AvgIpc) is 2.74. The summed E-state index contributed by atoms with van der Waals surface area (Å²) in [5.41, 5.74) is -0.845. The Hall–Kier alpha value is -2.81. The van der Waals surface area contributed by atoms with E-state index in [9.17, 15) is 18.0 Å². The molecule has 1 amide bonds. The van der Waals surface area contributed by atoms with Crippen molar-refractivity contribution in [3.63, 3.8) is 0 Å². The number of hydrogen-bond acceptors (Lipinski definition) is 5. The molecule has 31 heavy (non-hydrogen) atoms. The van der Waals surface area contributed by atoms with Gasteiger partial charge in [-0.05, 0) is 64.1 Å². The van der Waals surface area contributed by atoms with E-state index in [0.717, 1.165) is 25.0 Å². The standard InChI is InChI=1S/C22H26F3N3O3/c1-15(2)27(3)17-10-12-28(13-11-17)21(29)31-19-7-5-18(6-8-19)30-20-9-4-16(14-26-20)22(23,24)25/h4-9,14-15,17H,10-13H2,1-3H3. The fraction of sp³-hybridized carbons (Fsp3) is 0.455. The van der Waals surface area contributed by atoms with Gasteiger partial charge < -0.3 is 19.3 Å². The molecule has 0 spiro atoms. The zero-order valence-electron chi connectivity index (χ0n) is 17.7. The van der Waals surface area contributed by atoms with Crippen LogP contribution in [0.15, 0.2) is 42.6 Å². The van der Waals surface area contributed by atoms with Crippen molar-refractivity contribution in [2.75, 3.05) is 20.1 Å². The van der Waals surface area contributed by atoms with Crippen molar-refractivity contribution in [1.82, 2.24) is 14.8 Å². The van der Waals surface area contributed by atoms with Gasteiger partial charge in [0.2, 0.25) is 5.88 Å². The summed E-state index contributed by atoms with van der Waals surface area (Å²) in [6, 6.07) is 9.23. The minimum Gasteiger partial charge on any atom is -0.439 e. The van der Waals surface area contributed by atoms with E-state index >= 15 is 0 Å². The predicted molar refractivity (Wildman–Crippen MR) is 109 cm³/mol. The highest BCUT2D eigenvalue weighted by Gasteiger charge is 2.31. The number of halogens is 3.